The van der Waals surface area contributed by atoms with Crippen LogP contribution in [0.15, 0.2) is 170 Å². The van der Waals surface area contributed by atoms with Gasteiger partial charge in [0.05, 0.1) is 16.9 Å². The van der Waals surface area contributed by atoms with Crippen molar-refractivity contribution in [3.8, 4) is 28.4 Å². The molecule has 0 amide bonds. The summed E-state index contributed by atoms with van der Waals surface area (Å²) in [6.45, 7) is 2.11. The zero-order valence-electron chi connectivity index (χ0n) is 31.1. The van der Waals surface area contributed by atoms with E-state index >= 15 is 0 Å². The molecule has 0 saturated carbocycles. The van der Waals surface area contributed by atoms with Crippen LogP contribution < -0.4 is 4.74 Å². The van der Waals surface area contributed by atoms with Crippen LogP contribution in [-0.2, 0) is 26.5 Å². The van der Waals surface area contributed by atoms with Gasteiger partial charge < -0.3 is 13.7 Å². The number of hydrogen-bond acceptors (Lipinski definition) is 4. The first kappa shape index (κ1) is 34.4. The first-order chi connectivity index (χ1) is 28.2. The largest absolute Gasteiger partial charge is 2.00 e. The van der Waals surface area contributed by atoms with Gasteiger partial charge in [0, 0.05) is 51.8 Å². The number of nitrogens with zero attached hydrogens (tertiary/aromatic N) is 5. The van der Waals surface area contributed by atoms with Crippen LogP contribution >= 0.6 is 0 Å². The molecule has 0 bridgehead atoms. The molecular weight excluding hydrogens is 894 g/mol. The van der Waals surface area contributed by atoms with E-state index in [1.165, 1.54) is 16.7 Å². The Labute approximate surface area is 348 Å². The number of para-hydroxylation sites is 1. The summed E-state index contributed by atoms with van der Waals surface area (Å²) in [6.07, 6.45) is 5.77. The maximum Gasteiger partial charge on any atom is 2.00 e. The number of pyridine rings is 3. The number of aryl methyl sites for hydroxylation is 1. The van der Waals surface area contributed by atoms with Crippen molar-refractivity contribution < 1.29 is 25.8 Å². The van der Waals surface area contributed by atoms with Crippen molar-refractivity contribution in [2.24, 2.45) is 0 Å². The first-order valence-electron chi connectivity index (χ1n) is 19.1. The molecule has 7 heteroatoms. The normalized spacial score (nSPS) is 12.9. The third-order valence-corrected chi connectivity index (χ3v) is 11.7. The van der Waals surface area contributed by atoms with Crippen molar-refractivity contribution in [2.45, 2.75) is 12.3 Å². The van der Waals surface area contributed by atoms with Crippen LogP contribution in [0.25, 0.3) is 66.3 Å². The van der Waals surface area contributed by atoms with Gasteiger partial charge in [-0.2, -0.15) is 6.07 Å². The van der Waals surface area contributed by atoms with Crippen LogP contribution in [0.3, 0.4) is 0 Å². The van der Waals surface area contributed by atoms with Crippen molar-refractivity contribution in [2.75, 3.05) is 0 Å². The molecule has 0 spiro atoms. The predicted molar refractivity (Wildman–Crippen MR) is 226 cm³/mol. The van der Waals surface area contributed by atoms with E-state index in [4.69, 9.17) is 19.7 Å². The van der Waals surface area contributed by atoms with Crippen molar-refractivity contribution >= 4 is 49.4 Å². The van der Waals surface area contributed by atoms with Gasteiger partial charge in [0.15, 0.2) is 0 Å². The van der Waals surface area contributed by atoms with Crippen molar-refractivity contribution in [3.63, 3.8) is 0 Å². The molecule has 1 aliphatic heterocycles. The van der Waals surface area contributed by atoms with E-state index in [1.54, 1.807) is 0 Å². The molecule has 0 radical (unpaired) electrons. The van der Waals surface area contributed by atoms with E-state index in [9.17, 15) is 0 Å². The SMILES string of the molecule is Cc1ccccc1-c1cn2c(n1)c1[c-]c(Oc3[c-]c4c(cc3)C(c3ccccc3)(c3ccccc3)c3cccc5c6cccnc6n-4c35)ccc1c1cccnc12.[Pt+2]. The van der Waals surface area contributed by atoms with Gasteiger partial charge in [0.2, 0.25) is 0 Å². The Bertz CT molecular complexity index is 3370. The van der Waals surface area contributed by atoms with E-state index in [0.717, 1.165) is 77.5 Å². The summed E-state index contributed by atoms with van der Waals surface area (Å²) in [5.41, 5.74) is 11.6. The zero-order valence-corrected chi connectivity index (χ0v) is 33.4. The maximum absolute atomic E-state index is 6.78. The van der Waals surface area contributed by atoms with E-state index in [0.29, 0.717) is 11.5 Å². The summed E-state index contributed by atoms with van der Waals surface area (Å²) < 4.78 is 11.1. The topological polar surface area (TPSA) is 57.2 Å². The standard InChI is InChI=1S/C51H31N5O.Pt/c1-32-13-8-9-18-37(32)45-31-55-48-40(20-11-27-52-48)38-25-23-35(29-42(38)50(55)54-45)57-36-24-26-43-46(30-36)56-47-39(41-21-12-28-53-49(41)56)19-10-22-44(47)51(43,33-14-4-2-5-15-33)34-16-6-3-7-17-34;/h2-28,31H,1H3;/q-2;+2. The van der Waals surface area contributed by atoms with Crippen LogP contribution in [0.1, 0.15) is 27.8 Å². The number of aromatic nitrogens is 5. The summed E-state index contributed by atoms with van der Waals surface area (Å²) in [5, 5.41) is 5.12. The molecule has 6 nitrogen and oxygen atoms in total. The van der Waals surface area contributed by atoms with E-state index in [2.05, 4.69) is 156 Å². The quantitative estimate of drug-likeness (QED) is 0.127. The fraction of sp³-hybridized carbons (Fsp3) is 0.0392. The van der Waals surface area contributed by atoms with Crippen molar-refractivity contribution in [3.05, 3.63) is 210 Å². The van der Waals surface area contributed by atoms with Crippen molar-refractivity contribution in [1.29, 1.82) is 0 Å². The van der Waals surface area contributed by atoms with Crippen LogP contribution in [0.4, 0.5) is 0 Å². The average Bonchev–Trinajstić information content (AvgIpc) is 3.87. The maximum atomic E-state index is 6.78. The molecule has 0 unspecified atom stereocenters. The Hall–Kier alpha value is -6.88. The smallest absolute Gasteiger partial charge is 0.503 e. The Morgan fingerprint density at radius 3 is 1.97 bits per heavy atom. The minimum absolute atomic E-state index is 0. The second-order valence-electron chi connectivity index (χ2n) is 14.7. The number of benzene rings is 6. The van der Waals surface area contributed by atoms with Crippen LogP contribution in [-0.4, -0.2) is 23.9 Å². The number of hydrogen-bond donors (Lipinski definition) is 0. The molecule has 0 aliphatic carbocycles. The minimum atomic E-state index is -0.637. The van der Waals surface area contributed by atoms with Gasteiger partial charge >= 0.3 is 21.1 Å². The number of imidazole rings is 1. The van der Waals surface area contributed by atoms with Gasteiger partial charge in [-0.25, -0.2) is 9.97 Å². The minimum Gasteiger partial charge on any atom is -0.503 e. The second kappa shape index (κ2) is 13.1. The molecule has 0 N–H and O–H groups in total. The monoisotopic (exact) mass is 924 g/mol. The third kappa shape index (κ3) is 4.79. The molecule has 58 heavy (non-hydrogen) atoms. The van der Waals surface area contributed by atoms with Gasteiger partial charge in [0.25, 0.3) is 0 Å². The average molecular weight is 925 g/mol. The van der Waals surface area contributed by atoms with Gasteiger partial charge in [0.1, 0.15) is 11.3 Å². The van der Waals surface area contributed by atoms with Crippen LogP contribution in [0.2, 0.25) is 0 Å². The summed E-state index contributed by atoms with van der Waals surface area (Å²) in [5.74, 6) is 1.14. The fourth-order valence-electron chi connectivity index (χ4n) is 9.29. The Morgan fingerprint density at radius 1 is 0.552 bits per heavy atom. The third-order valence-electron chi connectivity index (χ3n) is 11.7. The number of ether oxygens (including phenoxy) is 1. The molecule has 276 valence electrons. The molecule has 11 aromatic rings. The summed E-state index contributed by atoms with van der Waals surface area (Å²) in [7, 11) is 0. The molecule has 0 saturated heterocycles. The van der Waals surface area contributed by atoms with Gasteiger partial charge in [-0.05, 0) is 52.8 Å². The van der Waals surface area contributed by atoms with E-state index in [1.807, 2.05) is 42.7 Å². The zero-order chi connectivity index (χ0) is 37.7. The summed E-state index contributed by atoms with van der Waals surface area (Å²) in [4.78, 5) is 14.9. The molecule has 6 aromatic carbocycles. The molecule has 0 atom stereocenters. The van der Waals surface area contributed by atoms with Gasteiger partial charge in [-0.15, -0.1) is 29.8 Å². The van der Waals surface area contributed by atoms with Crippen LogP contribution in [0, 0.1) is 19.1 Å². The first-order valence-corrected chi connectivity index (χ1v) is 19.1. The molecule has 6 heterocycles. The predicted octanol–water partition coefficient (Wildman–Crippen LogP) is 11.6. The molecule has 1 aliphatic rings. The number of fused-ring (bicyclic) bond motifs is 11. The van der Waals surface area contributed by atoms with E-state index < -0.39 is 5.41 Å². The van der Waals surface area contributed by atoms with Gasteiger partial charge in [-0.3, -0.25) is 4.98 Å². The molecular formula is C51H31N5OPt. The Morgan fingerprint density at radius 2 is 1.21 bits per heavy atom. The van der Waals surface area contributed by atoms with Gasteiger partial charge in [-0.1, -0.05) is 132 Å². The Balaban J connectivity index is 0.00000385. The molecule has 5 aromatic heterocycles. The van der Waals surface area contributed by atoms with Crippen LogP contribution in [0.5, 0.6) is 11.5 Å². The second-order valence-corrected chi connectivity index (χ2v) is 14.7. The van der Waals surface area contributed by atoms with Crippen molar-refractivity contribution in [1.82, 2.24) is 23.9 Å². The Kier molecular flexibility index (Phi) is 7.76. The molecule has 12 rings (SSSR count). The van der Waals surface area contributed by atoms with E-state index in [-0.39, 0.29) is 21.1 Å². The summed E-state index contributed by atoms with van der Waals surface area (Å²) >= 11 is 0. The molecule has 0 fully saturated rings. The number of rotatable bonds is 5. The fourth-order valence-corrected chi connectivity index (χ4v) is 9.29. The summed E-state index contributed by atoms with van der Waals surface area (Å²) in [6, 6.07) is 60.6.